The second-order valence-corrected chi connectivity index (χ2v) is 5.88. The van der Waals surface area contributed by atoms with Crippen LogP contribution in [0.1, 0.15) is 19.5 Å². The van der Waals surface area contributed by atoms with Crippen molar-refractivity contribution < 1.29 is 18.6 Å². The Labute approximate surface area is 140 Å². The molecule has 1 aromatic heterocycles. The van der Waals surface area contributed by atoms with Crippen LogP contribution in [-0.2, 0) is 6.54 Å². The number of benzene rings is 1. The van der Waals surface area contributed by atoms with E-state index in [1.807, 2.05) is 13.8 Å². The lowest BCUT2D eigenvalue weighted by atomic mass is 10.1. The second kappa shape index (κ2) is 8.17. The number of aliphatic hydroxyl groups excluding tert-OH is 1. The maximum absolute atomic E-state index is 14.1. The lowest BCUT2D eigenvalue weighted by Crippen LogP contribution is -2.37. The molecular weight excluding hydrogens is 314 g/mol. The molecule has 0 bridgehead atoms. The number of aromatic nitrogens is 1. The molecule has 0 unspecified atom stereocenters. The van der Waals surface area contributed by atoms with Crippen LogP contribution in [0.15, 0.2) is 30.3 Å². The first kappa shape index (κ1) is 18.3. The number of ether oxygens (including phenoxy) is 1. The van der Waals surface area contributed by atoms with Crippen LogP contribution in [0.2, 0.25) is 0 Å². The third-order valence-corrected chi connectivity index (χ3v) is 3.90. The van der Waals surface area contributed by atoms with Crippen LogP contribution >= 0.6 is 0 Å². The summed E-state index contributed by atoms with van der Waals surface area (Å²) >= 11 is 0. The van der Waals surface area contributed by atoms with Crippen LogP contribution in [-0.4, -0.2) is 29.8 Å². The molecular formula is C18H22F2N2O2. The van der Waals surface area contributed by atoms with E-state index in [0.717, 1.165) is 0 Å². The van der Waals surface area contributed by atoms with Crippen molar-refractivity contribution >= 4 is 0 Å². The third kappa shape index (κ3) is 4.27. The summed E-state index contributed by atoms with van der Waals surface area (Å²) in [5, 5.41) is 12.4. The van der Waals surface area contributed by atoms with Gasteiger partial charge in [0.05, 0.1) is 25.1 Å². The van der Waals surface area contributed by atoms with Crippen LogP contribution < -0.4 is 10.1 Å². The molecule has 1 atom stereocenters. The summed E-state index contributed by atoms with van der Waals surface area (Å²) in [7, 11) is 1.49. The molecule has 1 heterocycles. The summed E-state index contributed by atoms with van der Waals surface area (Å²) in [6.07, 6.45) is 0. The van der Waals surface area contributed by atoms with E-state index in [-0.39, 0.29) is 36.4 Å². The molecule has 0 aliphatic rings. The molecule has 24 heavy (non-hydrogen) atoms. The normalized spacial score (nSPS) is 12.5. The van der Waals surface area contributed by atoms with Crippen LogP contribution in [0.5, 0.6) is 5.75 Å². The summed E-state index contributed by atoms with van der Waals surface area (Å²) in [4.78, 5) is 4.23. The fourth-order valence-electron chi connectivity index (χ4n) is 2.32. The van der Waals surface area contributed by atoms with Crippen molar-refractivity contribution in [2.75, 3.05) is 13.7 Å². The molecule has 0 radical (unpaired) electrons. The van der Waals surface area contributed by atoms with Gasteiger partial charge in [0.1, 0.15) is 17.4 Å². The SMILES string of the molecule is COc1ccc(F)c(-c2ccc(F)c(CN[C@@H](CO)C(C)C)n2)c1. The van der Waals surface area contributed by atoms with Gasteiger partial charge in [-0.15, -0.1) is 0 Å². The predicted molar refractivity (Wildman–Crippen MR) is 88.7 cm³/mol. The molecule has 0 saturated heterocycles. The first-order chi connectivity index (χ1) is 11.5. The van der Waals surface area contributed by atoms with E-state index in [4.69, 9.17) is 4.74 Å². The molecule has 0 spiro atoms. The quantitative estimate of drug-likeness (QED) is 0.816. The Kier molecular flexibility index (Phi) is 6.23. The van der Waals surface area contributed by atoms with Gasteiger partial charge in [-0.1, -0.05) is 13.8 Å². The van der Waals surface area contributed by atoms with Crippen molar-refractivity contribution in [3.63, 3.8) is 0 Å². The van der Waals surface area contributed by atoms with E-state index in [0.29, 0.717) is 11.4 Å². The number of hydrogen-bond donors (Lipinski definition) is 2. The molecule has 0 saturated carbocycles. The average molecular weight is 336 g/mol. The fourth-order valence-corrected chi connectivity index (χ4v) is 2.32. The van der Waals surface area contributed by atoms with Gasteiger partial charge in [0.25, 0.3) is 0 Å². The highest BCUT2D eigenvalue weighted by atomic mass is 19.1. The lowest BCUT2D eigenvalue weighted by molar-refractivity contribution is 0.209. The lowest BCUT2D eigenvalue weighted by Gasteiger charge is -2.20. The number of nitrogens with one attached hydrogen (secondary N) is 1. The number of aliphatic hydroxyl groups is 1. The van der Waals surface area contributed by atoms with Gasteiger partial charge in [0.15, 0.2) is 0 Å². The van der Waals surface area contributed by atoms with Crippen molar-refractivity contribution in [3.8, 4) is 17.0 Å². The Morgan fingerprint density at radius 2 is 1.88 bits per heavy atom. The topological polar surface area (TPSA) is 54.4 Å². The molecule has 0 aliphatic carbocycles. The summed E-state index contributed by atoms with van der Waals surface area (Å²) < 4.78 is 33.2. The van der Waals surface area contributed by atoms with Crippen LogP contribution in [0.3, 0.4) is 0 Å². The third-order valence-electron chi connectivity index (χ3n) is 3.90. The van der Waals surface area contributed by atoms with Gasteiger partial charge < -0.3 is 15.2 Å². The van der Waals surface area contributed by atoms with Crippen molar-refractivity contribution in [2.45, 2.75) is 26.4 Å². The molecule has 0 aliphatic heterocycles. The van der Waals surface area contributed by atoms with Crippen LogP contribution in [0.4, 0.5) is 8.78 Å². The number of methoxy groups -OCH3 is 1. The van der Waals surface area contributed by atoms with Gasteiger partial charge in [-0.2, -0.15) is 0 Å². The van der Waals surface area contributed by atoms with Crippen LogP contribution in [0.25, 0.3) is 11.3 Å². The second-order valence-electron chi connectivity index (χ2n) is 5.88. The smallest absolute Gasteiger partial charge is 0.146 e. The monoisotopic (exact) mass is 336 g/mol. The van der Waals surface area contributed by atoms with Crippen molar-refractivity contribution in [1.82, 2.24) is 10.3 Å². The summed E-state index contributed by atoms with van der Waals surface area (Å²) in [6, 6.07) is 6.86. The van der Waals surface area contributed by atoms with E-state index < -0.39 is 11.6 Å². The molecule has 2 aromatic rings. The zero-order chi connectivity index (χ0) is 17.7. The summed E-state index contributed by atoms with van der Waals surface area (Å²) in [5.41, 5.74) is 0.752. The zero-order valence-electron chi connectivity index (χ0n) is 14.0. The maximum atomic E-state index is 14.1. The number of pyridine rings is 1. The van der Waals surface area contributed by atoms with E-state index in [2.05, 4.69) is 10.3 Å². The van der Waals surface area contributed by atoms with Gasteiger partial charge in [0, 0.05) is 18.2 Å². The number of hydrogen-bond acceptors (Lipinski definition) is 4. The van der Waals surface area contributed by atoms with Gasteiger partial charge in [-0.25, -0.2) is 13.8 Å². The molecule has 6 heteroatoms. The highest BCUT2D eigenvalue weighted by Crippen LogP contribution is 2.26. The summed E-state index contributed by atoms with van der Waals surface area (Å²) in [6.45, 7) is 4.01. The molecule has 1 aromatic carbocycles. The average Bonchev–Trinajstić information content (AvgIpc) is 2.57. The molecule has 0 amide bonds. The molecule has 2 N–H and O–H groups in total. The van der Waals surface area contributed by atoms with E-state index >= 15 is 0 Å². The minimum Gasteiger partial charge on any atom is -0.497 e. The van der Waals surface area contributed by atoms with Gasteiger partial charge >= 0.3 is 0 Å². The predicted octanol–water partition coefficient (Wildman–Crippen LogP) is 3.14. The first-order valence-corrected chi connectivity index (χ1v) is 7.79. The maximum Gasteiger partial charge on any atom is 0.146 e. The standard InChI is InChI=1S/C18H22F2N2O2/c1-11(2)18(10-23)21-9-17-15(20)6-7-16(22-17)13-8-12(24-3)4-5-14(13)19/h4-8,11,18,21,23H,9-10H2,1-3H3/t18-/m0/s1. The first-order valence-electron chi connectivity index (χ1n) is 7.79. The molecule has 0 fully saturated rings. The highest BCUT2D eigenvalue weighted by molar-refractivity contribution is 5.62. The summed E-state index contributed by atoms with van der Waals surface area (Å²) in [5.74, 6) is -0.242. The highest BCUT2D eigenvalue weighted by Gasteiger charge is 2.15. The Balaban J connectivity index is 2.28. The van der Waals surface area contributed by atoms with E-state index in [1.54, 1.807) is 0 Å². The Morgan fingerprint density at radius 3 is 2.50 bits per heavy atom. The van der Waals surface area contributed by atoms with Crippen molar-refractivity contribution in [3.05, 3.63) is 47.7 Å². The van der Waals surface area contributed by atoms with Crippen molar-refractivity contribution in [1.29, 1.82) is 0 Å². The van der Waals surface area contributed by atoms with E-state index in [1.165, 1.54) is 37.4 Å². The zero-order valence-corrected chi connectivity index (χ0v) is 14.0. The van der Waals surface area contributed by atoms with Crippen LogP contribution in [0, 0.1) is 17.6 Å². The largest absolute Gasteiger partial charge is 0.497 e. The number of rotatable bonds is 7. The van der Waals surface area contributed by atoms with Crippen molar-refractivity contribution in [2.24, 2.45) is 5.92 Å². The number of halogens is 2. The Morgan fingerprint density at radius 1 is 1.17 bits per heavy atom. The fraction of sp³-hybridized carbons (Fsp3) is 0.389. The molecule has 130 valence electrons. The Hall–Kier alpha value is -2.05. The minimum atomic E-state index is -0.477. The van der Waals surface area contributed by atoms with E-state index in [9.17, 15) is 13.9 Å². The van der Waals surface area contributed by atoms with Gasteiger partial charge in [-0.05, 0) is 36.2 Å². The Bertz CT molecular complexity index is 693. The number of nitrogens with zero attached hydrogens (tertiary/aromatic N) is 1. The minimum absolute atomic E-state index is 0.0521. The molecule has 4 nitrogen and oxygen atoms in total. The van der Waals surface area contributed by atoms with Gasteiger partial charge in [0.2, 0.25) is 0 Å². The van der Waals surface area contributed by atoms with Gasteiger partial charge in [-0.3, -0.25) is 0 Å². The molecule has 2 rings (SSSR count).